The number of hydrogen-bond donors (Lipinski definition) is 2. The van der Waals surface area contributed by atoms with E-state index in [2.05, 4.69) is 19.6 Å². The average molecular weight is 631 g/mol. The van der Waals surface area contributed by atoms with Gasteiger partial charge in [-0.25, -0.2) is 4.79 Å². The zero-order chi connectivity index (χ0) is 34.1. The van der Waals surface area contributed by atoms with Crippen LogP contribution in [0, 0.1) is 10.8 Å². The molecule has 7 nitrogen and oxygen atoms in total. The van der Waals surface area contributed by atoms with Gasteiger partial charge in [-0.1, -0.05) is 64.2 Å². The molecule has 1 saturated heterocycles. The molecule has 2 aliphatic heterocycles. The van der Waals surface area contributed by atoms with Crippen LogP contribution in [-0.2, 0) is 23.8 Å². The minimum absolute atomic E-state index is 0.256. The Kier molecular flexibility index (Phi) is 9.97. The molecule has 4 aliphatic rings. The van der Waals surface area contributed by atoms with Crippen molar-refractivity contribution in [3.63, 3.8) is 0 Å². The summed E-state index contributed by atoms with van der Waals surface area (Å²) in [6.07, 6.45) is 22.3. The zero-order valence-electron chi connectivity index (χ0n) is 28.8. The molecule has 248 valence electrons. The summed E-state index contributed by atoms with van der Waals surface area (Å²) in [5.74, 6) is -0.242. The van der Waals surface area contributed by atoms with E-state index in [4.69, 9.17) is 14.2 Å². The van der Waals surface area contributed by atoms with E-state index < -0.39 is 22.8 Å². The molecule has 3 fully saturated rings. The smallest absolute Gasteiger partial charge is 0.343 e. The number of carbonyl (C=O) groups is 2. The summed E-state index contributed by atoms with van der Waals surface area (Å²) in [7, 11) is 0. The van der Waals surface area contributed by atoms with Crippen LogP contribution in [0.15, 0.2) is 101 Å². The fourth-order valence-corrected chi connectivity index (χ4v) is 7.61. The molecule has 2 saturated carbocycles. The number of hydrogen-bond acceptors (Lipinski definition) is 7. The standard InChI is InChI=1S/C39H50O7/c1-26(16-17-33-35(4,5)24-32(44-28(3)40)25-37(33,8)43)14-12-10-11-13-15-27(2)20-31-21-29(34(42)45-31)18-19-39-36(6,7)22-30(41)23-38(39,9)46-39/h10-16,18-21,30,32,41,43H,22-25H2,1-9H3/b12-10+,13-11-,19-18+,26-14+,27-15+,31-20-/t17?,30-,32-,37+,38+,39-/m0/s1. The molecule has 5 atom stereocenters. The summed E-state index contributed by atoms with van der Waals surface area (Å²) < 4.78 is 17.1. The van der Waals surface area contributed by atoms with Crippen molar-refractivity contribution in [1.29, 1.82) is 0 Å². The van der Waals surface area contributed by atoms with Gasteiger partial charge in [-0.15, -0.1) is 5.73 Å². The number of epoxide rings is 1. The SMILES string of the molecule is CC(=O)O[C@H]1CC(C)(C)C(=C=C/C(C)=C/C=C/C=C\C=C(C)\C=C2C=C(/C=C/[C@@]34O[C@]3(C)C[C@@H](O)CC4(C)C)C(=O)O\2)[C@](C)(O)C1. The van der Waals surface area contributed by atoms with Gasteiger partial charge in [0.2, 0.25) is 0 Å². The van der Waals surface area contributed by atoms with Crippen LogP contribution in [0.3, 0.4) is 0 Å². The van der Waals surface area contributed by atoms with Gasteiger partial charge in [-0.2, -0.15) is 0 Å². The average Bonchev–Trinajstić information content (AvgIpc) is 3.36. The first-order valence-electron chi connectivity index (χ1n) is 16.1. The number of fused-ring (bicyclic) bond motifs is 1. The third-order valence-corrected chi connectivity index (χ3v) is 9.53. The minimum atomic E-state index is -1.12. The molecule has 0 unspecified atom stereocenters. The number of ether oxygens (including phenoxy) is 3. The largest absolute Gasteiger partial charge is 0.462 e. The molecule has 0 aromatic rings. The second-order valence-electron chi connectivity index (χ2n) is 14.9. The van der Waals surface area contributed by atoms with E-state index in [1.165, 1.54) is 6.92 Å². The van der Waals surface area contributed by atoms with E-state index >= 15 is 0 Å². The van der Waals surface area contributed by atoms with Crippen molar-refractivity contribution in [3.05, 3.63) is 101 Å². The zero-order valence-corrected chi connectivity index (χ0v) is 28.8. The summed E-state index contributed by atoms with van der Waals surface area (Å²) in [6.45, 7) is 17.3. The lowest BCUT2D eigenvalue weighted by Gasteiger charge is -2.44. The summed E-state index contributed by atoms with van der Waals surface area (Å²) in [4.78, 5) is 24.0. The van der Waals surface area contributed by atoms with Crippen LogP contribution in [-0.4, -0.2) is 51.2 Å². The molecular weight excluding hydrogens is 580 g/mol. The normalized spacial score (nSPS) is 34.9. The highest BCUT2D eigenvalue weighted by molar-refractivity contribution is 5.95. The van der Waals surface area contributed by atoms with E-state index in [0.29, 0.717) is 37.0 Å². The fraction of sp³-hybridized carbons (Fsp3) is 0.513. The topological polar surface area (TPSA) is 106 Å². The molecule has 2 aliphatic carbocycles. The van der Waals surface area contributed by atoms with E-state index in [1.54, 1.807) is 19.1 Å². The van der Waals surface area contributed by atoms with Crippen molar-refractivity contribution in [2.24, 2.45) is 10.8 Å². The van der Waals surface area contributed by atoms with Gasteiger partial charge in [0, 0.05) is 30.8 Å². The van der Waals surface area contributed by atoms with E-state index in [1.807, 2.05) is 89.3 Å². The Morgan fingerprint density at radius 1 is 0.957 bits per heavy atom. The van der Waals surface area contributed by atoms with Gasteiger partial charge in [0.05, 0.1) is 17.3 Å². The lowest BCUT2D eigenvalue weighted by Crippen LogP contribution is -2.46. The molecule has 46 heavy (non-hydrogen) atoms. The van der Waals surface area contributed by atoms with Crippen LogP contribution in [0.25, 0.3) is 0 Å². The van der Waals surface area contributed by atoms with Gasteiger partial charge in [-0.05, 0) is 87.5 Å². The Balaban J connectivity index is 1.35. The Bertz CT molecular complexity index is 1510. The molecule has 0 spiro atoms. The highest BCUT2D eigenvalue weighted by atomic mass is 16.6. The van der Waals surface area contributed by atoms with Crippen LogP contribution in [0.5, 0.6) is 0 Å². The molecule has 0 bridgehead atoms. The lowest BCUT2D eigenvalue weighted by molar-refractivity contribution is -0.152. The third-order valence-electron chi connectivity index (χ3n) is 9.53. The molecule has 0 radical (unpaired) electrons. The van der Waals surface area contributed by atoms with E-state index in [9.17, 15) is 19.8 Å². The number of aliphatic hydroxyl groups is 2. The summed E-state index contributed by atoms with van der Waals surface area (Å²) in [5, 5.41) is 21.4. The summed E-state index contributed by atoms with van der Waals surface area (Å²) >= 11 is 0. The first kappa shape index (κ1) is 35.4. The van der Waals surface area contributed by atoms with Crippen molar-refractivity contribution < 1.29 is 34.0 Å². The maximum Gasteiger partial charge on any atom is 0.343 e. The van der Waals surface area contributed by atoms with Crippen molar-refractivity contribution >= 4 is 11.9 Å². The first-order chi connectivity index (χ1) is 21.3. The van der Waals surface area contributed by atoms with Gasteiger partial charge >= 0.3 is 11.9 Å². The molecule has 0 aromatic heterocycles. The summed E-state index contributed by atoms with van der Waals surface area (Å²) in [6, 6.07) is 0. The Morgan fingerprint density at radius 2 is 1.61 bits per heavy atom. The number of allylic oxidation sites excluding steroid dienone is 10. The summed E-state index contributed by atoms with van der Waals surface area (Å²) in [5.41, 5.74) is 3.82. The predicted molar refractivity (Wildman–Crippen MR) is 179 cm³/mol. The van der Waals surface area contributed by atoms with Crippen molar-refractivity contribution in [2.75, 3.05) is 0 Å². The Hall–Kier alpha value is -3.48. The molecule has 7 heteroatoms. The molecule has 0 aromatic carbocycles. The molecule has 4 rings (SSSR count). The minimum Gasteiger partial charge on any atom is -0.462 e. The van der Waals surface area contributed by atoms with E-state index in [-0.39, 0.29) is 29.0 Å². The van der Waals surface area contributed by atoms with Crippen LogP contribution in [0.2, 0.25) is 0 Å². The van der Waals surface area contributed by atoms with Gasteiger partial charge < -0.3 is 24.4 Å². The van der Waals surface area contributed by atoms with E-state index in [0.717, 1.165) is 16.7 Å². The maximum absolute atomic E-state index is 12.5. The molecule has 2 N–H and O–H groups in total. The number of aliphatic hydroxyl groups excluding tert-OH is 1. The predicted octanol–water partition coefficient (Wildman–Crippen LogP) is 7.21. The van der Waals surface area contributed by atoms with Crippen LogP contribution in [0.4, 0.5) is 0 Å². The second kappa shape index (κ2) is 13.0. The third kappa shape index (κ3) is 7.72. The first-order valence-corrected chi connectivity index (χ1v) is 16.1. The van der Waals surface area contributed by atoms with Crippen molar-refractivity contribution in [1.82, 2.24) is 0 Å². The van der Waals surface area contributed by atoms with Crippen molar-refractivity contribution in [3.8, 4) is 0 Å². The Morgan fingerprint density at radius 3 is 2.22 bits per heavy atom. The monoisotopic (exact) mass is 630 g/mol. The number of cyclic esters (lactones) is 1. The van der Waals surface area contributed by atoms with Crippen LogP contribution < -0.4 is 0 Å². The quantitative estimate of drug-likeness (QED) is 0.126. The van der Waals surface area contributed by atoms with Gasteiger partial charge in [0.1, 0.15) is 23.1 Å². The van der Waals surface area contributed by atoms with Crippen LogP contribution >= 0.6 is 0 Å². The molecule has 2 heterocycles. The molecular formula is C39H50O7. The Labute approximate surface area is 274 Å². The van der Waals surface area contributed by atoms with Crippen molar-refractivity contribution in [2.45, 2.75) is 117 Å². The second-order valence-corrected chi connectivity index (χ2v) is 14.9. The maximum atomic E-state index is 12.5. The van der Waals surface area contributed by atoms with Gasteiger partial charge in [0.25, 0.3) is 0 Å². The highest BCUT2D eigenvalue weighted by Crippen LogP contribution is 2.66. The highest BCUT2D eigenvalue weighted by Gasteiger charge is 2.74. The fourth-order valence-electron chi connectivity index (χ4n) is 7.61. The number of esters is 2. The number of carbonyl (C=O) groups excluding carboxylic acids is 2. The number of rotatable bonds is 8. The molecule has 0 amide bonds. The lowest BCUT2D eigenvalue weighted by atomic mass is 9.63. The van der Waals surface area contributed by atoms with Crippen LogP contribution in [0.1, 0.15) is 88.0 Å². The van der Waals surface area contributed by atoms with Gasteiger partial charge in [0.15, 0.2) is 0 Å². The van der Waals surface area contributed by atoms with Gasteiger partial charge in [-0.3, -0.25) is 4.79 Å².